The number of aryl methyl sites for hydroxylation is 1. The molecule has 0 N–H and O–H groups in total. The van der Waals surface area contributed by atoms with Crippen LogP contribution in [0.2, 0.25) is 0 Å². The fourth-order valence-electron chi connectivity index (χ4n) is 3.76. The zero-order chi connectivity index (χ0) is 20.5. The monoisotopic (exact) mass is 412 g/mol. The van der Waals surface area contributed by atoms with Gasteiger partial charge in [0.1, 0.15) is 5.37 Å². The predicted octanol–water partition coefficient (Wildman–Crippen LogP) is 5.02. The van der Waals surface area contributed by atoms with Crippen LogP contribution in [0.15, 0.2) is 85.3 Å². The molecular weight excluding hydrogens is 392 g/mol. The Morgan fingerprint density at radius 3 is 2.47 bits per heavy atom. The van der Waals surface area contributed by atoms with Gasteiger partial charge in [0.05, 0.1) is 17.1 Å². The van der Waals surface area contributed by atoms with E-state index in [9.17, 15) is 4.79 Å². The van der Waals surface area contributed by atoms with Crippen molar-refractivity contribution in [3.05, 3.63) is 96.4 Å². The number of carbonyl (C=O) groups excluding carboxylic acids is 1. The average molecular weight is 413 g/mol. The first-order valence-corrected chi connectivity index (χ1v) is 10.8. The van der Waals surface area contributed by atoms with Crippen LogP contribution in [0.5, 0.6) is 0 Å². The van der Waals surface area contributed by atoms with Crippen molar-refractivity contribution in [2.45, 2.75) is 12.3 Å². The van der Waals surface area contributed by atoms with Crippen molar-refractivity contribution < 1.29 is 4.79 Å². The third-order valence-corrected chi connectivity index (χ3v) is 6.42. The molecule has 1 fully saturated rings. The van der Waals surface area contributed by atoms with Crippen LogP contribution in [0, 0.1) is 6.92 Å². The van der Waals surface area contributed by atoms with Gasteiger partial charge in [-0.3, -0.25) is 14.7 Å². The fraction of sp³-hybridized carbons (Fsp3) is 0.125. The van der Waals surface area contributed by atoms with E-state index < -0.39 is 0 Å². The van der Waals surface area contributed by atoms with E-state index in [1.165, 1.54) is 0 Å². The number of rotatable bonds is 4. The Morgan fingerprint density at radius 1 is 0.967 bits per heavy atom. The summed E-state index contributed by atoms with van der Waals surface area (Å²) in [6.45, 7) is 2.04. The molecule has 1 atom stereocenters. The van der Waals surface area contributed by atoms with E-state index in [4.69, 9.17) is 5.10 Å². The van der Waals surface area contributed by atoms with Crippen molar-refractivity contribution in [2.75, 3.05) is 10.7 Å². The first-order chi connectivity index (χ1) is 14.7. The minimum Gasteiger partial charge on any atom is -0.295 e. The lowest BCUT2D eigenvalue weighted by molar-refractivity contribution is -0.115. The molecule has 1 amide bonds. The largest absolute Gasteiger partial charge is 0.295 e. The topological polar surface area (TPSA) is 51.0 Å². The lowest BCUT2D eigenvalue weighted by Crippen LogP contribution is -2.28. The summed E-state index contributed by atoms with van der Waals surface area (Å²) >= 11 is 1.64. The zero-order valence-corrected chi connectivity index (χ0v) is 17.3. The van der Waals surface area contributed by atoms with E-state index in [-0.39, 0.29) is 11.3 Å². The first kappa shape index (κ1) is 18.6. The average Bonchev–Trinajstić information content (AvgIpc) is 3.39. The van der Waals surface area contributed by atoms with Gasteiger partial charge in [0, 0.05) is 35.4 Å². The van der Waals surface area contributed by atoms with Crippen molar-refractivity contribution in [3.8, 4) is 16.9 Å². The number of hydrogen-bond donors (Lipinski definition) is 0. The van der Waals surface area contributed by atoms with Crippen molar-refractivity contribution in [3.63, 3.8) is 0 Å². The van der Waals surface area contributed by atoms with Crippen LogP contribution in [0.4, 0.5) is 5.69 Å². The van der Waals surface area contributed by atoms with Gasteiger partial charge in [-0.05, 0) is 42.8 Å². The van der Waals surface area contributed by atoms with Crippen LogP contribution in [0.25, 0.3) is 16.9 Å². The third kappa shape index (κ3) is 3.29. The van der Waals surface area contributed by atoms with Crippen LogP contribution in [-0.4, -0.2) is 26.4 Å². The molecule has 6 heteroatoms. The number of pyridine rings is 1. The van der Waals surface area contributed by atoms with Crippen LogP contribution >= 0.6 is 11.8 Å². The number of amides is 1. The van der Waals surface area contributed by atoms with Gasteiger partial charge >= 0.3 is 0 Å². The Morgan fingerprint density at radius 2 is 1.70 bits per heavy atom. The molecule has 5 rings (SSSR count). The molecule has 0 aliphatic carbocycles. The number of para-hydroxylation sites is 2. The van der Waals surface area contributed by atoms with E-state index in [0.717, 1.165) is 33.8 Å². The van der Waals surface area contributed by atoms with Gasteiger partial charge in [0.25, 0.3) is 0 Å². The molecule has 0 bridgehead atoms. The van der Waals surface area contributed by atoms with Gasteiger partial charge in [-0.25, -0.2) is 4.68 Å². The van der Waals surface area contributed by atoms with Crippen LogP contribution in [-0.2, 0) is 4.79 Å². The molecule has 1 aliphatic rings. The quantitative estimate of drug-likeness (QED) is 0.472. The highest BCUT2D eigenvalue weighted by Gasteiger charge is 2.37. The normalized spacial score (nSPS) is 16.2. The summed E-state index contributed by atoms with van der Waals surface area (Å²) in [5, 5.41) is 4.77. The number of anilines is 1. The minimum absolute atomic E-state index is 0.118. The highest BCUT2D eigenvalue weighted by atomic mass is 32.2. The van der Waals surface area contributed by atoms with E-state index in [1.54, 1.807) is 24.2 Å². The van der Waals surface area contributed by atoms with E-state index in [0.29, 0.717) is 5.75 Å². The van der Waals surface area contributed by atoms with Crippen molar-refractivity contribution in [2.24, 2.45) is 0 Å². The molecule has 5 nitrogen and oxygen atoms in total. The smallest absolute Gasteiger partial charge is 0.238 e. The zero-order valence-electron chi connectivity index (χ0n) is 16.5. The fourth-order valence-corrected chi connectivity index (χ4v) is 4.94. The summed E-state index contributed by atoms with van der Waals surface area (Å²) < 4.78 is 1.89. The number of benzene rings is 2. The highest BCUT2D eigenvalue weighted by molar-refractivity contribution is 8.00. The Kier molecular flexibility index (Phi) is 4.85. The van der Waals surface area contributed by atoms with E-state index in [2.05, 4.69) is 4.98 Å². The van der Waals surface area contributed by atoms with Gasteiger partial charge in [0.15, 0.2) is 0 Å². The van der Waals surface area contributed by atoms with Gasteiger partial charge in [-0.1, -0.05) is 36.4 Å². The molecule has 2 aromatic heterocycles. The molecule has 0 radical (unpaired) electrons. The van der Waals surface area contributed by atoms with E-state index >= 15 is 0 Å². The number of aromatic nitrogens is 3. The summed E-state index contributed by atoms with van der Waals surface area (Å²) in [7, 11) is 0. The molecule has 30 heavy (non-hydrogen) atoms. The minimum atomic E-state index is -0.140. The van der Waals surface area contributed by atoms with E-state index in [1.807, 2.05) is 89.4 Å². The van der Waals surface area contributed by atoms with Crippen LogP contribution in [0.3, 0.4) is 0 Å². The van der Waals surface area contributed by atoms with Gasteiger partial charge in [-0.15, -0.1) is 11.8 Å². The molecule has 0 spiro atoms. The van der Waals surface area contributed by atoms with Crippen LogP contribution < -0.4 is 4.90 Å². The maximum absolute atomic E-state index is 12.9. The second kappa shape index (κ2) is 7.80. The van der Waals surface area contributed by atoms with Gasteiger partial charge < -0.3 is 0 Å². The molecule has 3 heterocycles. The second-order valence-electron chi connectivity index (χ2n) is 7.16. The van der Waals surface area contributed by atoms with Crippen LogP contribution in [0.1, 0.15) is 16.5 Å². The molecule has 0 saturated carbocycles. The second-order valence-corrected chi connectivity index (χ2v) is 8.23. The maximum atomic E-state index is 12.9. The third-order valence-electron chi connectivity index (χ3n) is 5.23. The molecule has 1 unspecified atom stereocenters. The lowest BCUT2D eigenvalue weighted by atomic mass is 10.1. The maximum Gasteiger partial charge on any atom is 0.238 e. The molecule has 1 saturated heterocycles. The number of thioether (sulfide) groups is 1. The summed E-state index contributed by atoms with van der Waals surface area (Å²) in [5.41, 5.74) is 5.89. The van der Waals surface area contributed by atoms with Gasteiger partial charge in [0.2, 0.25) is 5.91 Å². The summed E-state index contributed by atoms with van der Waals surface area (Å²) in [5.74, 6) is 0.568. The number of carbonyl (C=O) groups is 1. The van der Waals surface area contributed by atoms with Gasteiger partial charge in [-0.2, -0.15) is 5.10 Å². The lowest BCUT2D eigenvalue weighted by Gasteiger charge is -2.25. The van der Waals surface area contributed by atoms with Crippen molar-refractivity contribution >= 4 is 23.4 Å². The first-order valence-electron chi connectivity index (χ1n) is 9.77. The highest BCUT2D eigenvalue weighted by Crippen LogP contribution is 2.45. The summed E-state index contributed by atoms with van der Waals surface area (Å²) in [6, 6.07) is 22.0. The summed E-state index contributed by atoms with van der Waals surface area (Å²) in [6.07, 6.45) is 5.59. The SMILES string of the molecule is Cc1ccccc1N1C(=O)CSC1c1cn(-c2ccccc2)nc1-c1ccncc1. The Labute approximate surface area is 179 Å². The Hall–Kier alpha value is -3.38. The molecule has 4 aromatic rings. The predicted molar refractivity (Wildman–Crippen MR) is 121 cm³/mol. The number of nitrogens with zero attached hydrogens (tertiary/aromatic N) is 4. The summed E-state index contributed by atoms with van der Waals surface area (Å²) in [4.78, 5) is 19.0. The van der Waals surface area contributed by atoms with Crippen molar-refractivity contribution in [1.82, 2.24) is 14.8 Å². The Bertz CT molecular complexity index is 1190. The Balaban J connectivity index is 1.66. The molecular formula is C24H20N4OS. The standard InChI is InChI=1S/C24H20N4OS/c1-17-7-5-6-10-21(17)28-22(29)16-30-24(28)20-15-27(19-8-3-2-4-9-19)26-23(20)18-11-13-25-14-12-18/h2-15,24H,16H2,1H3. The number of hydrogen-bond acceptors (Lipinski definition) is 4. The molecule has 2 aromatic carbocycles. The molecule has 1 aliphatic heterocycles. The van der Waals surface area contributed by atoms with Crippen molar-refractivity contribution in [1.29, 1.82) is 0 Å². The molecule has 148 valence electrons.